The lowest BCUT2D eigenvalue weighted by Crippen LogP contribution is -2.15. The van der Waals surface area contributed by atoms with Crippen molar-refractivity contribution in [3.63, 3.8) is 0 Å². The molecule has 0 spiro atoms. The summed E-state index contributed by atoms with van der Waals surface area (Å²) in [5.74, 6) is 0.645. The van der Waals surface area contributed by atoms with Crippen LogP contribution in [0.4, 0.5) is 5.69 Å². The molecule has 104 valence electrons. The maximum absolute atomic E-state index is 11.8. The fraction of sp³-hybridized carbons (Fsp3) is 0.133. The van der Waals surface area contributed by atoms with Gasteiger partial charge in [-0.15, -0.1) is 0 Å². The van der Waals surface area contributed by atoms with Crippen molar-refractivity contribution in [1.29, 1.82) is 0 Å². The van der Waals surface area contributed by atoms with Crippen LogP contribution in [0.25, 0.3) is 0 Å². The Morgan fingerprint density at radius 3 is 2.65 bits per heavy atom. The number of benzene rings is 2. The number of carbonyl (C=O) groups is 1. The number of halogens is 2. The first-order valence-electron chi connectivity index (χ1n) is 6.08. The molecular weight excluding hydrogens is 342 g/mol. The quantitative estimate of drug-likeness (QED) is 0.858. The first-order valence-corrected chi connectivity index (χ1v) is 7.25. The minimum absolute atomic E-state index is 0.112. The van der Waals surface area contributed by atoms with Crippen molar-refractivity contribution in [2.75, 3.05) is 11.9 Å². The number of rotatable bonds is 5. The lowest BCUT2D eigenvalue weighted by molar-refractivity contribution is -0.116. The predicted octanol–water partition coefficient (Wildman–Crippen LogP) is 4.51. The maximum Gasteiger partial charge on any atom is 0.227 e. The summed E-state index contributed by atoms with van der Waals surface area (Å²) in [4.78, 5) is 11.8. The topological polar surface area (TPSA) is 38.3 Å². The monoisotopic (exact) mass is 353 g/mol. The number of hydrogen-bond donors (Lipinski definition) is 1. The molecule has 0 saturated heterocycles. The Balaban J connectivity index is 1.79. The van der Waals surface area contributed by atoms with Crippen molar-refractivity contribution in [2.24, 2.45) is 0 Å². The number of anilines is 1. The molecule has 0 unspecified atom stereocenters. The van der Waals surface area contributed by atoms with Crippen molar-refractivity contribution < 1.29 is 9.53 Å². The van der Waals surface area contributed by atoms with E-state index in [1.54, 1.807) is 18.2 Å². The van der Waals surface area contributed by atoms with Gasteiger partial charge in [-0.05, 0) is 46.3 Å². The molecule has 2 aromatic carbocycles. The normalized spacial score (nSPS) is 10.1. The van der Waals surface area contributed by atoms with Gasteiger partial charge in [0.1, 0.15) is 5.75 Å². The molecule has 0 saturated carbocycles. The zero-order valence-electron chi connectivity index (χ0n) is 10.6. The molecular formula is C15H13BrClNO2. The molecule has 3 nitrogen and oxygen atoms in total. The van der Waals surface area contributed by atoms with Gasteiger partial charge in [0.25, 0.3) is 0 Å². The molecule has 2 aromatic rings. The fourth-order valence-corrected chi connectivity index (χ4v) is 2.00. The zero-order valence-corrected chi connectivity index (χ0v) is 12.9. The van der Waals surface area contributed by atoms with Crippen molar-refractivity contribution in [3.05, 3.63) is 58.0 Å². The Kier molecular flexibility index (Phi) is 5.44. The van der Waals surface area contributed by atoms with E-state index in [1.165, 1.54) is 0 Å². The summed E-state index contributed by atoms with van der Waals surface area (Å²) in [7, 11) is 0. The van der Waals surface area contributed by atoms with Gasteiger partial charge in [-0.2, -0.15) is 0 Å². The van der Waals surface area contributed by atoms with Crippen LogP contribution < -0.4 is 10.1 Å². The van der Waals surface area contributed by atoms with Gasteiger partial charge in [0.05, 0.1) is 18.1 Å². The van der Waals surface area contributed by atoms with E-state index >= 15 is 0 Å². The standard InChI is InChI=1S/C15H13BrClNO2/c16-13-7-6-11(10-14(13)17)18-15(19)8-9-20-12-4-2-1-3-5-12/h1-7,10H,8-9H2,(H,18,19). The second-order valence-electron chi connectivity index (χ2n) is 4.09. The number of para-hydroxylation sites is 1. The Morgan fingerprint density at radius 2 is 1.95 bits per heavy atom. The summed E-state index contributed by atoms with van der Waals surface area (Å²) in [6, 6.07) is 14.7. The van der Waals surface area contributed by atoms with Gasteiger partial charge >= 0.3 is 0 Å². The van der Waals surface area contributed by atoms with E-state index in [0.717, 1.165) is 10.2 Å². The van der Waals surface area contributed by atoms with E-state index in [4.69, 9.17) is 16.3 Å². The Labute approximate surface area is 131 Å². The summed E-state index contributed by atoms with van der Waals surface area (Å²) in [5, 5.41) is 3.33. The third-order valence-electron chi connectivity index (χ3n) is 2.54. The molecule has 0 aliphatic carbocycles. The van der Waals surface area contributed by atoms with Crippen LogP contribution in [0.1, 0.15) is 6.42 Å². The summed E-state index contributed by atoms with van der Waals surface area (Å²) < 4.78 is 6.26. The molecule has 2 rings (SSSR count). The number of carbonyl (C=O) groups excluding carboxylic acids is 1. The van der Waals surface area contributed by atoms with Gasteiger partial charge in [-0.3, -0.25) is 4.79 Å². The highest BCUT2D eigenvalue weighted by Gasteiger charge is 2.05. The van der Waals surface area contributed by atoms with Crippen LogP contribution >= 0.6 is 27.5 Å². The highest BCUT2D eigenvalue weighted by molar-refractivity contribution is 9.10. The van der Waals surface area contributed by atoms with Gasteiger partial charge < -0.3 is 10.1 Å². The number of ether oxygens (including phenoxy) is 1. The zero-order chi connectivity index (χ0) is 14.4. The van der Waals surface area contributed by atoms with Gasteiger partial charge in [0, 0.05) is 10.2 Å². The van der Waals surface area contributed by atoms with E-state index in [2.05, 4.69) is 21.2 Å². The van der Waals surface area contributed by atoms with Crippen molar-refractivity contribution in [3.8, 4) is 5.75 Å². The number of nitrogens with one attached hydrogen (secondary N) is 1. The average Bonchev–Trinajstić information content (AvgIpc) is 2.44. The van der Waals surface area contributed by atoms with E-state index in [9.17, 15) is 4.79 Å². The molecule has 1 N–H and O–H groups in total. The van der Waals surface area contributed by atoms with Crippen molar-refractivity contribution in [2.45, 2.75) is 6.42 Å². The smallest absolute Gasteiger partial charge is 0.227 e. The van der Waals surface area contributed by atoms with E-state index < -0.39 is 0 Å². The third kappa shape index (κ3) is 4.54. The van der Waals surface area contributed by atoms with Gasteiger partial charge in [-0.1, -0.05) is 29.8 Å². The minimum Gasteiger partial charge on any atom is -0.493 e. The first-order chi connectivity index (χ1) is 9.65. The first kappa shape index (κ1) is 14.9. The second kappa shape index (κ2) is 7.31. The second-order valence-corrected chi connectivity index (χ2v) is 5.35. The largest absolute Gasteiger partial charge is 0.493 e. The van der Waals surface area contributed by atoms with Crippen LogP contribution in [0.2, 0.25) is 5.02 Å². The molecule has 5 heteroatoms. The SMILES string of the molecule is O=C(CCOc1ccccc1)Nc1ccc(Br)c(Cl)c1. The molecule has 0 fully saturated rings. The third-order valence-corrected chi connectivity index (χ3v) is 3.78. The van der Waals surface area contributed by atoms with E-state index in [-0.39, 0.29) is 12.3 Å². The molecule has 0 aromatic heterocycles. The lowest BCUT2D eigenvalue weighted by atomic mass is 10.3. The van der Waals surface area contributed by atoms with Crippen LogP contribution in [-0.2, 0) is 4.79 Å². The highest BCUT2D eigenvalue weighted by Crippen LogP contribution is 2.25. The van der Waals surface area contributed by atoms with E-state index in [1.807, 2.05) is 30.3 Å². The molecule has 0 heterocycles. The Hall–Kier alpha value is -1.52. The summed E-state index contributed by atoms with van der Waals surface area (Å²) in [6.45, 7) is 0.333. The molecule has 0 aliphatic rings. The van der Waals surface area contributed by atoms with Crippen LogP contribution in [-0.4, -0.2) is 12.5 Å². The maximum atomic E-state index is 11.8. The molecule has 0 radical (unpaired) electrons. The van der Waals surface area contributed by atoms with Gasteiger partial charge in [-0.25, -0.2) is 0 Å². The predicted molar refractivity (Wildman–Crippen MR) is 84.3 cm³/mol. The van der Waals surface area contributed by atoms with Crippen LogP contribution in [0.5, 0.6) is 5.75 Å². The lowest BCUT2D eigenvalue weighted by Gasteiger charge is -2.08. The summed E-state index contributed by atoms with van der Waals surface area (Å²) in [5.41, 5.74) is 0.669. The number of amides is 1. The molecule has 0 aliphatic heterocycles. The van der Waals surface area contributed by atoms with Crippen molar-refractivity contribution in [1.82, 2.24) is 0 Å². The van der Waals surface area contributed by atoms with Gasteiger partial charge in [0.15, 0.2) is 0 Å². The molecule has 0 bridgehead atoms. The minimum atomic E-state index is -0.112. The van der Waals surface area contributed by atoms with E-state index in [0.29, 0.717) is 17.3 Å². The molecule has 0 atom stereocenters. The highest BCUT2D eigenvalue weighted by atomic mass is 79.9. The summed E-state index contributed by atoms with van der Waals surface area (Å²) in [6.07, 6.45) is 0.280. The van der Waals surface area contributed by atoms with Crippen LogP contribution in [0.15, 0.2) is 53.0 Å². The van der Waals surface area contributed by atoms with Crippen LogP contribution in [0.3, 0.4) is 0 Å². The average molecular weight is 355 g/mol. The Morgan fingerprint density at radius 1 is 1.20 bits per heavy atom. The Bertz CT molecular complexity index is 590. The van der Waals surface area contributed by atoms with Crippen LogP contribution in [0, 0.1) is 0 Å². The number of hydrogen-bond acceptors (Lipinski definition) is 2. The van der Waals surface area contributed by atoms with Crippen molar-refractivity contribution >= 4 is 39.1 Å². The summed E-state index contributed by atoms with van der Waals surface area (Å²) >= 11 is 9.26. The van der Waals surface area contributed by atoms with Gasteiger partial charge in [0.2, 0.25) is 5.91 Å². The fourth-order valence-electron chi connectivity index (χ4n) is 1.58. The molecule has 1 amide bonds. The molecule has 20 heavy (non-hydrogen) atoms.